The largest absolute Gasteiger partial charge is 0.0629 e. The number of rotatable bonds is 4. The van der Waals surface area contributed by atoms with Gasteiger partial charge in [0.25, 0.3) is 0 Å². The molecule has 5 rings (SSSR count). The third kappa shape index (κ3) is 3.56. The highest BCUT2D eigenvalue weighted by atomic mass is 14.2. The van der Waals surface area contributed by atoms with Crippen LogP contribution in [0.4, 0.5) is 0 Å². The van der Waals surface area contributed by atoms with Crippen molar-refractivity contribution in [1.29, 1.82) is 0 Å². The lowest BCUT2D eigenvalue weighted by Crippen LogP contribution is -1.92. The molecule has 142 valence electrons. The molecule has 0 nitrogen and oxygen atoms in total. The van der Waals surface area contributed by atoms with Gasteiger partial charge in [-0.3, -0.25) is 0 Å². The molecule has 0 unspecified atom stereocenters. The molecule has 0 aliphatic heterocycles. The summed E-state index contributed by atoms with van der Waals surface area (Å²) < 4.78 is 68.9. The van der Waals surface area contributed by atoms with Crippen LogP contribution in [0.1, 0.15) is 11.0 Å². The summed E-state index contributed by atoms with van der Waals surface area (Å²) in [5.74, 6) is 0. The molecule has 0 heteroatoms. The van der Waals surface area contributed by atoms with Gasteiger partial charge in [0.05, 0.1) is 11.0 Å². The SMILES string of the molecule is [2H]c1cccc([2H])c1-c1cc(-c2c([2H])cccc2[2H])c(-c2c([2H])cccc2[2H])cc1-c1c([2H])cccc1[2H]. The molecule has 5 aromatic rings. The predicted octanol–water partition coefficient (Wildman–Crippen LogP) is 8.35. The van der Waals surface area contributed by atoms with Crippen LogP contribution in [0.15, 0.2) is 133 Å². The minimum atomic E-state index is 0.0822. The van der Waals surface area contributed by atoms with Crippen molar-refractivity contribution in [3.63, 3.8) is 0 Å². The highest BCUT2D eigenvalue weighted by Crippen LogP contribution is 2.41. The van der Waals surface area contributed by atoms with Gasteiger partial charge < -0.3 is 0 Å². The first kappa shape index (κ1) is 11.3. The molecule has 0 bridgehead atoms. The first-order valence-electron chi connectivity index (χ1n) is 13.6. The predicted molar refractivity (Wildman–Crippen MR) is 128 cm³/mol. The normalized spacial score (nSPS) is 14.4. The second kappa shape index (κ2) is 8.23. The fourth-order valence-corrected chi connectivity index (χ4v) is 3.46. The molecule has 0 fully saturated rings. The molecule has 0 amide bonds. The standard InChI is InChI=1S/C30H22/c1-5-13-23(14-6-1)27-21-29(25-17-9-3-10-18-25)30(26-19-11-4-12-20-26)22-28(27)24-15-7-2-8-16-24/h1-22H/i13D,14D,15D,16D,17D,18D,19D,20D. The number of hydrogen-bond donors (Lipinski definition) is 0. The first-order valence-corrected chi connectivity index (χ1v) is 9.63. The summed E-state index contributed by atoms with van der Waals surface area (Å²) in [4.78, 5) is 0. The monoisotopic (exact) mass is 390 g/mol. The van der Waals surface area contributed by atoms with Gasteiger partial charge >= 0.3 is 0 Å². The van der Waals surface area contributed by atoms with Crippen LogP contribution in [0.2, 0.25) is 0 Å². The van der Waals surface area contributed by atoms with Crippen LogP contribution in [0.3, 0.4) is 0 Å². The van der Waals surface area contributed by atoms with Gasteiger partial charge in [-0.2, -0.15) is 0 Å². The van der Waals surface area contributed by atoms with Gasteiger partial charge in [-0.05, 0) is 56.6 Å². The molecule has 0 spiro atoms. The van der Waals surface area contributed by atoms with E-state index in [1.807, 2.05) is 0 Å². The van der Waals surface area contributed by atoms with E-state index in [1.54, 1.807) is 84.9 Å². The maximum absolute atomic E-state index is 8.61. The molecule has 0 N–H and O–H groups in total. The molecule has 0 saturated heterocycles. The zero-order chi connectivity index (χ0) is 27.1. The van der Waals surface area contributed by atoms with Crippen LogP contribution in [-0.2, 0) is 0 Å². The lowest BCUT2D eigenvalue weighted by atomic mass is 9.86. The van der Waals surface area contributed by atoms with Crippen molar-refractivity contribution in [2.24, 2.45) is 0 Å². The average Bonchev–Trinajstić information content (AvgIpc) is 2.85. The zero-order valence-corrected chi connectivity index (χ0v) is 16.1. The lowest BCUT2D eigenvalue weighted by Gasteiger charge is -2.18. The van der Waals surface area contributed by atoms with Crippen LogP contribution in [0, 0.1) is 0 Å². The average molecular weight is 391 g/mol. The summed E-state index contributed by atoms with van der Waals surface area (Å²) in [6, 6.07) is 23.0. The summed E-state index contributed by atoms with van der Waals surface area (Å²) in [6.07, 6.45) is 0. The molecular formula is C30H22. The minimum Gasteiger partial charge on any atom is -0.0622 e. The van der Waals surface area contributed by atoms with E-state index in [2.05, 4.69) is 0 Å². The van der Waals surface area contributed by atoms with Gasteiger partial charge in [-0.15, -0.1) is 0 Å². The van der Waals surface area contributed by atoms with Crippen LogP contribution < -0.4 is 0 Å². The Labute approximate surface area is 189 Å². The second-order valence-electron chi connectivity index (χ2n) is 6.70. The Morgan fingerprint density at radius 3 is 0.700 bits per heavy atom. The van der Waals surface area contributed by atoms with Crippen LogP contribution >= 0.6 is 0 Å². The molecular weight excluding hydrogens is 360 g/mol. The van der Waals surface area contributed by atoms with Crippen LogP contribution in [-0.4, -0.2) is 0 Å². The quantitative estimate of drug-likeness (QED) is 0.289. The molecule has 30 heavy (non-hydrogen) atoms. The van der Waals surface area contributed by atoms with Crippen molar-refractivity contribution in [3.05, 3.63) is 133 Å². The van der Waals surface area contributed by atoms with Crippen LogP contribution in [0.25, 0.3) is 44.5 Å². The number of hydrogen-bond acceptors (Lipinski definition) is 0. The molecule has 0 aliphatic rings. The van der Waals surface area contributed by atoms with E-state index in [0.717, 1.165) is 0 Å². The van der Waals surface area contributed by atoms with Crippen molar-refractivity contribution in [2.45, 2.75) is 0 Å². The van der Waals surface area contributed by atoms with Crippen LogP contribution in [0.5, 0.6) is 0 Å². The Hall–Kier alpha value is -3.90. The second-order valence-corrected chi connectivity index (χ2v) is 6.70. The van der Waals surface area contributed by atoms with Gasteiger partial charge in [-0.1, -0.05) is 121 Å². The molecule has 0 radical (unpaired) electrons. The van der Waals surface area contributed by atoms with Gasteiger partial charge in [0.15, 0.2) is 0 Å². The molecule has 0 heterocycles. The van der Waals surface area contributed by atoms with Gasteiger partial charge in [0, 0.05) is 0 Å². The summed E-state index contributed by atoms with van der Waals surface area (Å²) in [7, 11) is 0. The van der Waals surface area contributed by atoms with Gasteiger partial charge in [0.1, 0.15) is 0 Å². The smallest absolute Gasteiger partial charge is 0.0622 e. The van der Waals surface area contributed by atoms with Crippen molar-refractivity contribution in [3.8, 4) is 44.5 Å². The third-order valence-electron chi connectivity index (χ3n) is 4.83. The summed E-state index contributed by atoms with van der Waals surface area (Å²) in [6.45, 7) is 0. The van der Waals surface area contributed by atoms with Crippen molar-refractivity contribution < 1.29 is 11.0 Å². The Balaban J connectivity index is 2.03. The summed E-state index contributed by atoms with van der Waals surface area (Å²) >= 11 is 0. The maximum Gasteiger partial charge on any atom is 0.0629 e. The summed E-state index contributed by atoms with van der Waals surface area (Å²) in [5.41, 5.74) is 2.78. The van der Waals surface area contributed by atoms with E-state index in [4.69, 9.17) is 11.0 Å². The highest BCUT2D eigenvalue weighted by Gasteiger charge is 2.15. The minimum absolute atomic E-state index is 0.0822. The van der Waals surface area contributed by atoms with E-state index in [1.165, 1.54) is 0 Å². The fourth-order valence-electron chi connectivity index (χ4n) is 3.46. The molecule has 0 aromatic heterocycles. The Morgan fingerprint density at radius 2 is 0.500 bits per heavy atom. The van der Waals surface area contributed by atoms with E-state index in [-0.39, 0.29) is 70.6 Å². The molecule has 0 atom stereocenters. The Bertz CT molecular complexity index is 1380. The van der Waals surface area contributed by atoms with Crippen molar-refractivity contribution in [1.82, 2.24) is 0 Å². The first-order chi connectivity index (χ1) is 18.2. The van der Waals surface area contributed by atoms with Gasteiger partial charge in [-0.25, -0.2) is 0 Å². The Morgan fingerprint density at radius 1 is 0.300 bits per heavy atom. The maximum atomic E-state index is 8.61. The Kier molecular flexibility index (Phi) is 3.11. The van der Waals surface area contributed by atoms with E-state index < -0.39 is 0 Å². The fraction of sp³-hybridized carbons (Fsp3) is 0. The van der Waals surface area contributed by atoms with E-state index in [9.17, 15) is 0 Å². The molecule has 5 aromatic carbocycles. The zero-order valence-electron chi connectivity index (χ0n) is 24.1. The number of benzene rings is 5. The highest BCUT2D eigenvalue weighted by molar-refractivity contribution is 5.95. The molecule has 0 aliphatic carbocycles. The lowest BCUT2D eigenvalue weighted by molar-refractivity contribution is 1.54. The van der Waals surface area contributed by atoms with E-state index in [0.29, 0.717) is 22.3 Å². The molecule has 0 saturated carbocycles. The van der Waals surface area contributed by atoms with Crippen molar-refractivity contribution >= 4 is 0 Å². The topological polar surface area (TPSA) is 0 Å². The van der Waals surface area contributed by atoms with Gasteiger partial charge in [0.2, 0.25) is 0 Å². The van der Waals surface area contributed by atoms with Crippen molar-refractivity contribution in [2.75, 3.05) is 0 Å². The summed E-state index contributed by atoms with van der Waals surface area (Å²) in [5, 5.41) is 0. The van der Waals surface area contributed by atoms with E-state index >= 15 is 0 Å². The third-order valence-corrected chi connectivity index (χ3v) is 4.83.